The SMILES string of the molecule is CCC(=O)[C@@H]1[C@H]2OC(C)(C)O[C@H]2CN1C(C)=O. The van der Waals surface area contributed by atoms with E-state index < -0.39 is 11.8 Å². The Morgan fingerprint density at radius 3 is 2.53 bits per heavy atom. The largest absolute Gasteiger partial charge is 0.343 e. The van der Waals surface area contributed by atoms with Crippen molar-refractivity contribution in [1.82, 2.24) is 4.90 Å². The molecule has 0 aromatic rings. The van der Waals surface area contributed by atoms with Gasteiger partial charge in [0.15, 0.2) is 11.6 Å². The van der Waals surface area contributed by atoms with Crippen molar-refractivity contribution in [2.75, 3.05) is 6.54 Å². The summed E-state index contributed by atoms with van der Waals surface area (Å²) >= 11 is 0. The summed E-state index contributed by atoms with van der Waals surface area (Å²) < 4.78 is 11.5. The van der Waals surface area contributed by atoms with Crippen molar-refractivity contribution in [2.24, 2.45) is 0 Å². The number of fused-ring (bicyclic) bond motifs is 1. The van der Waals surface area contributed by atoms with E-state index in [4.69, 9.17) is 9.47 Å². The number of hydrogen-bond donors (Lipinski definition) is 0. The molecule has 3 atom stereocenters. The molecule has 5 heteroatoms. The van der Waals surface area contributed by atoms with Gasteiger partial charge in [0.05, 0.1) is 6.54 Å². The van der Waals surface area contributed by atoms with Crippen molar-refractivity contribution in [3.63, 3.8) is 0 Å². The van der Waals surface area contributed by atoms with Gasteiger partial charge >= 0.3 is 0 Å². The van der Waals surface area contributed by atoms with Crippen LogP contribution < -0.4 is 0 Å². The topological polar surface area (TPSA) is 55.8 Å². The van der Waals surface area contributed by atoms with Crippen LogP contribution in [0, 0.1) is 0 Å². The molecule has 0 aromatic heterocycles. The number of ketones is 1. The monoisotopic (exact) mass is 241 g/mol. The van der Waals surface area contributed by atoms with Crippen LogP contribution in [0.15, 0.2) is 0 Å². The molecule has 2 aliphatic heterocycles. The summed E-state index contributed by atoms with van der Waals surface area (Å²) in [6.45, 7) is 7.38. The third-order valence-electron chi connectivity index (χ3n) is 3.33. The minimum absolute atomic E-state index is 0.0361. The second-order valence-corrected chi connectivity index (χ2v) is 5.07. The van der Waals surface area contributed by atoms with E-state index in [1.165, 1.54) is 6.92 Å². The van der Waals surface area contributed by atoms with Crippen LogP contribution in [-0.2, 0) is 19.1 Å². The molecule has 2 fully saturated rings. The van der Waals surface area contributed by atoms with Gasteiger partial charge in [0.25, 0.3) is 0 Å². The van der Waals surface area contributed by atoms with Crippen LogP contribution in [0.2, 0.25) is 0 Å². The lowest BCUT2D eigenvalue weighted by molar-refractivity contribution is -0.168. The van der Waals surface area contributed by atoms with E-state index in [1.807, 2.05) is 13.8 Å². The molecule has 0 aromatic carbocycles. The maximum absolute atomic E-state index is 12.0. The van der Waals surface area contributed by atoms with Gasteiger partial charge in [0.1, 0.15) is 18.2 Å². The minimum atomic E-state index is -0.662. The number of Topliss-reactive ketones (excluding diaryl/α,β-unsaturated/α-hetero) is 1. The number of carbonyl (C=O) groups is 2. The summed E-state index contributed by atoms with van der Waals surface area (Å²) in [6.07, 6.45) is -0.0997. The quantitative estimate of drug-likeness (QED) is 0.714. The fraction of sp³-hybridized carbons (Fsp3) is 0.833. The Labute approximate surface area is 101 Å². The Bertz CT molecular complexity index is 352. The van der Waals surface area contributed by atoms with Crippen LogP contribution in [0.4, 0.5) is 0 Å². The van der Waals surface area contributed by atoms with E-state index in [9.17, 15) is 9.59 Å². The summed E-state index contributed by atoms with van der Waals surface area (Å²) in [5.74, 6) is -0.727. The normalized spacial score (nSPS) is 34.8. The fourth-order valence-corrected chi connectivity index (χ4v) is 2.65. The Balaban J connectivity index is 2.23. The van der Waals surface area contributed by atoms with Crippen molar-refractivity contribution in [2.45, 2.75) is 58.2 Å². The molecule has 0 saturated carbocycles. The third kappa shape index (κ3) is 2.09. The van der Waals surface area contributed by atoms with Crippen LogP contribution in [-0.4, -0.2) is 47.2 Å². The molecule has 0 radical (unpaired) electrons. The van der Waals surface area contributed by atoms with Crippen molar-refractivity contribution in [3.8, 4) is 0 Å². The molecule has 96 valence electrons. The third-order valence-corrected chi connectivity index (χ3v) is 3.33. The standard InChI is InChI=1S/C12H19NO4/c1-5-8(15)10-11-9(6-13(10)7(2)14)16-12(3,4)17-11/h9-11H,5-6H2,1-4H3/t9-,10+,11-/m0/s1. The second-order valence-electron chi connectivity index (χ2n) is 5.07. The van der Waals surface area contributed by atoms with Crippen LogP contribution in [0.25, 0.3) is 0 Å². The Hall–Kier alpha value is -0.940. The smallest absolute Gasteiger partial charge is 0.220 e. The highest BCUT2D eigenvalue weighted by Crippen LogP contribution is 2.37. The molecule has 0 bridgehead atoms. The van der Waals surface area contributed by atoms with Gasteiger partial charge in [-0.15, -0.1) is 0 Å². The first-order valence-corrected chi connectivity index (χ1v) is 6.01. The number of carbonyl (C=O) groups excluding carboxylic acids is 2. The van der Waals surface area contributed by atoms with Crippen LogP contribution in [0.3, 0.4) is 0 Å². The molecule has 0 unspecified atom stereocenters. The van der Waals surface area contributed by atoms with Gasteiger partial charge in [-0.05, 0) is 13.8 Å². The molecular formula is C12H19NO4. The molecule has 2 saturated heterocycles. The van der Waals surface area contributed by atoms with Crippen molar-refractivity contribution in [3.05, 3.63) is 0 Å². The number of amides is 1. The van der Waals surface area contributed by atoms with Gasteiger partial charge in [0.2, 0.25) is 5.91 Å². The highest BCUT2D eigenvalue weighted by Gasteiger charge is 2.55. The van der Waals surface area contributed by atoms with E-state index in [0.717, 1.165) is 0 Å². The lowest BCUT2D eigenvalue weighted by Gasteiger charge is -2.27. The van der Waals surface area contributed by atoms with E-state index >= 15 is 0 Å². The number of rotatable bonds is 2. The number of likely N-dealkylation sites (tertiary alicyclic amines) is 1. The summed E-state index contributed by atoms with van der Waals surface area (Å²) in [4.78, 5) is 25.1. The van der Waals surface area contributed by atoms with Gasteiger partial charge in [0, 0.05) is 13.3 Å². The fourth-order valence-electron chi connectivity index (χ4n) is 2.65. The predicted molar refractivity (Wildman–Crippen MR) is 60.3 cm³/mol. The second kappa shape index (κ2) is 4.07. The summed E-state index contributed by atoms with van der Waals surface area (Å²) in [5, 5.41) is 0. The number of ether oxygens (including phenoxy) is 2. The van der Waals surface area contributed by atoms with Gasteiger partial charge < -0.3 is 14.4 Å². The molecule has 2 rings (SSSR count). The van der Waals surface area contributed by atoms with E-state index in [-0.39, 0.29) is 23.9 Å². The van der Waals surface area contributed by atoms with Gasteiger partial charge in [-0.3, -0.25) is 9.59 Å². The van der Waals surface area contributed by atoms with Crippen LogP contribution >= 0.6 is 0 Å². The van der Waals surface area contributed by atoms with Gasteiger partial charge in [-0.1, -0.05) is 6.92 Å². The number of hydrogen-bond acceptors (Lipinski definition) is 4. The summed E-state index contributed by atoms with van der Waals surface area (Å²) in [7, 11) is 0. The summed E-state index contributed by atoms with van der Waals surface area (Å²) in [6, 6.07) is -0.482. The average molecular weight is 241 g/mol. The Morgan fingerprint density at radius 2 is 2.00 bits per heavy atom. The minimum Gasteiger partial charge on any atom is -0.343 e. The maximum Gasteiger partial charge on any atom is 0.220 e. The van der Waals surface area contributed by atoms with E-state index in [2.05, 4.69) is 0 Å². The highest BCUT2D eigenvalue weighted by atomic mass is 16.8. The molecule has 5 nitrogen and oxygen atoms in total. The molecule has 1 amide bonds. The van der Waals surface area contributed by atoms with Crippen molar-refractivity contribution >= 4 is 11.7 Å². The molecule has 0 spiro atoms. The van der Waals surface area contributed by atoms with Crippen LogP contribution in [0.5, 0.6) is 0 Å². The number of nitrogens with zero attached hydrogens (tertiary/aromatic N) is 1. The molecule has 0 N–H and O–H groups in total. The molecule has 17 heavy (non-hydrogen) atoms. The zero-order chi connectivity index (χ0) is 12.8. The van der Waals surface area contributed by atoms with Gasteiger partial charge in [-0.25, -0.2) is 0 Å². The lowest BCUT2D eigenvalue weighted by Crippen LogP contribution is -2.45. The Morgan fingerprint density at radius 1 is 1.35 bits per heavy atom. The van der Waals surface area contributed by atoms with Crippen LogP contribution in [0.1, 0.15) is 34.1 Å². The first-order valence-electron chi connectivity index (χ1n) is 6.01. The molecule has 2 aliphatic rings. The molecular weight excluding hydrogens is 222 g/mol. The first-order chi connectivity index (χ1) is 7.85. The lowest BCUT2D eigenvalue weighted by atomic mass is 10.0. The molecule has 2 heterocycles. The van der Waals surface area contributed by atoms with Crippen molar-refractivity contribution < 1.29 is 19.1 Å². The maximum atomic E-state index is 12.0. The molecule has 0 aliphatic carbocycles. The zero-order valence-electron chi connectivity index (χ0n) is 10.7. The van der Waals surface area contributed by atoms with E-state index in [1.54, 1.807) is 11.8 Å². The first kappa shape index (κ1) is 12.5. The Kier molecular flexibility index (Phi) is 2.99. The van der Waals surface area contributed by atoms with E-state index in [0.29, 0.717) is 13.0 Å². The zero-order valence-corrected chi connectivity index (χ0v) is 10.7. The van der Waals surface area contributed by atoms with Gasteiger partial charge in [-0.2, -0.15) is 0 Å². The van der Waals surface area contributed by atoms with Crippen molar-refractivity contribution in [1.29, 1.82) is 0 Å². The predicted octanol–water partition coefficient (Wildman–Crippen LogP) is 0.716. The average Bonchev–Trinajstić information content (AvgIpc) is 2.68. The highest BCUT2D eigenvalue weighted by molar-refractivity contribution is 5.89. The summed E-state index contributed by atoms with van der Waals surface area (Å²) in [5.41, 5.74) is 0.